The van der Waals surface area contributed by atoms with Crippen LogP contribution in [0.3, 0.4) is 0 Å². The summed E-state index contributed by atoms with van der Waals surface area (Å²) >= 11 is 1.46. The Morgan fingerprint density at radius 1 is 0.830 bits per heavy atom. The van der Waals surface area contributed by atoms with Crippen molar-refractivity contribution in [2.24, 2.45) is 0 Å². The highest BCUT2D eigenvalue weighted by Gasteiger charge is 2.39. The van der Waals surface area contributed by atoms with E-state index in [1.54, 1.807) is 20.8 Å². The lowest BCUT2D eigenvalue weighted by Gasteiger charge is -2.36. The number of carboxylic acid groups (broad SMARTS) is 1. The second-order valence-electron chi connectivity index (χ2n) is 11.7. The van der Waals surface area contributed by atoms with Crippen LogP contribution < -0.4 is 16.0 Å². The lowest BCUT2D eigenvalue weighted by molar-refractivity contribution is -0.141. The van der Waals surface area contributed by atoms with Gasteiger partial charge in [0, 0.05) is 24.1 Å². The summed E-state index contributed by atoms with van der Waals surface area (Å²) < 4.78 is 4.69. The van der Waals surface area contributed by atoms with E-state index in [1.165, 1.54) is 24.3 Å². The molecule has 0 radical (unpaired) electrons. The van der Waals surface area contributed by atoms with Gasteiger partial charge in [0.1, 0.15) is 17.7 Å². The number of alkyl carbamates (subject to hydrolysis) is 1. The number of nitrogens with one attached hydrogen (secondary N) is 4. The molecule has 1 heterocycles. The molecule has 0 aliphatic heterocycles. The Kier molecular flexibility index (Phi) is 11.8. The number of hydrogen-bond donors (Lipinski definition) is 5. The number of carbonyl (C=O) groups excluding carboxylic acids is 3. The number of imidazole rings is 1. The molecule has 4 aromatic rings. The van der Waals surface area contributed by atoms with Gasteiger partial charge in [-0.05, 0) is 37.5 Å². The smallest absolute Gasteiger partial charge is 0.408 e. The minimum absolute atomic E-state index is 0.0188. The zero-order valence-corrected chi connectivity index (χ0v) is 27.3. The van der Waals surface area contributed by atoms with Crippen LogP contribution in [0, 0.1) is 0 Å². The zero-order chi connectivity index (χ0) is 33.9. The fourth-order valence-electron chi connectivity index (χ4n) is 4.96. The molecule has 47 heavy (non-hydrogen) atoms. The van der Waals surface area contributed by atoms with E-state index >= 15 is 0 Å². The fourth-order valence-corrected chi connectivity index (χ4v) is 6.52. The lowest BCUT2D eigenvalue weighted by atomic mass is 9.84. The van der Waals surface area contributed by atoms with Gasteiger partial charge in [0.05, 0.1) is 17.6 Å². The van der Waals surface area contributed by atoms with E-state index in [0.717, 1.165) is 16.7 Å². The third-order valence-electron chi connectivity index (χ3n) is 7.05. The number of thioether (sulfide) groups is 1. The van der Waals surface area contributed by atoms with Crippen LogP contribution in [0.2, 0.25) is 0 Å². The average Bonchev–Trinajstić information content (AvgIpc) is 3.57. The van der Waals surface area contributed by atoms with Crippen LogP contribution in [0.1, 0.15) is 43.2 Å². The van der Waals surface area contributed by atoms with Gasteiger partial charge in [-0.3, -0.25) is 9.59 Å². The number of rotatable bonds is 14. The summed E-state index contributed by atoms with van der Waals surface area (Å²) in [4.78, 5) is 57.8. The van der Waals surface area contributed by atoms with Crippen molar-refractivity contribution in [3.05, 3.63) is 126 Å². The summed E-state index contributed by atoms with van der Waals surface area (Å²) in [6, 6.07) is 27.3. The Morgan fingerprint density at radius 2 is 1.36 bits per heavy atom. The highest BCUT2D eigenvalue weighted by Crippen LogP contribution is 2.48. The Hall–Kier alpha value is -5.10. The van der Waals surface area contributed by atoms with E-state index in [-0.39, 0.29) is 12.2 Å². The van der Waals surface area contributed by atoms with Crippen molar-refractivity contribution in [2.45, 2.75) is 49.6 Å². The normalized spacial score (nSPS) is 12.7. The number of hydrogen-bond acceptors (Lipinski definition) is 7. The highest BCUT2D eigenvalue weighted by atomic mass is 32.2. The largest absolute Gasteiger partial charge is 0.480 e. The van der Waals surface area contributed by atoms with Gasteiger partial charge in [0.2, 0.25) is 11.8 Å². The van der Waals surface area contributed by atoms with Gasteiger partial charge >= 0.3 is 12.1 Å². The molecule has 0 aliphatic carbocycles. The van der Waals surface area contributed by atoms with Crippen LogP contribution in [-0.2, 0) is 30.3 Å². The molecule has 0 bridgehead atoms. The van der Waals surface area contributed by atoms with E-state index in [0.29, 0.717) is 5.69 Å². The summed E-state index contributed by atoms with van der Waals surface area (Å²) in [5, 5.41) is 17.3. The van der Waals surface area contributed by atoms with Gasteiger partial charge in [-0.15, -0.1) is 11.8 Å². The first-order valence-electron chi connectivity index (χ1n) is 15.0. The number of aliphatic carboxylic acids is 1. The molecule has 1 aromatic heterocycles. The maximum atomic E-state index is 13.6. The van der Waals surface area contributed by atoms with Crippen molar-refractivity contribution in [1.29, 1.82) is 0 Å². The van der Waals surface area contributed by atoms with Crippen LogP contribution in [-0.4, -0.2) is 68.9 Å². The Labute approximate surface area is 277 Å². The minimum Gasteiger partial charge on any atom is -0.480 e. The van der Waals surface area contributed by atoms with Crippen LogP contribution in [0.25, 0.3) is 0 Å². The van der Waals surface area contributed by atoms with Gasteiger partial charge in [0.25, 0.3) is 0 Å². The van der Waals surface area contributed by atoms with Gasteiger partial charge in [0.15, 0.2) is 0 Å². The molecule has 5 N–H and O–H groups in total. The van der Waals surface area contributed by atoms with E-state index in [9.17, 15) is 24.3 Å². The maximum absolute atomic E-state index is 13.6. The third-order valence-corrected chi connectivity index (χ3v) is 8.69. The molecule has 12 heteroatoms. The first kappa shape index (κ1) is 34.8. The van der Waals surface area contributed by atoms with Crippen molar-refractivity contribution in [2.75, 3.05) is 12.3 Å². The summed E-state index contributed by atoms with van der Waals surface area (Å²) in [5.41, 5.74) is 2.61. The van der Waals surface area contributed by atoms with E-state index in [1.807, 2.05) is 91.0 Å². The van der Waals surface area contributed by atoms with Crippen LogP contribution in [0.4, 0.5) is 4.79 Å². The Morgan fingerprint density at radius 3 is 1.81 bits per heavy atom. The number of aromatic amines is 1. The highest BCUT2D eigenvalue weighted by molar-refractivity contribution is 8.00. The Balaban J connectivity index is 1.59. The van der Waals surface area contributed by atoms with Crippen molar-refractivity contribution in [3.63, 3.8) is 0 Å². The SMILES string of the molecule is CC(C)(C)OC(=O)N[C@@H](CSC(c1ccccc1)(c1ccccc1)c1ccccc1)C(=O)NCC(=O)N[C@H](Cc1cnc[nH]1)C(=O)O. The number of H-pyrrole nitrogens is 1. The van der Waals surface area contributed by atoms with Crippen LogP contribution in [0.5, 0.6) is 0 Å². The number of carboxylic acids is 1. The van der Waals surface area contributed by atoms with E-state index in [2.05, 4.69) is 25.9 Å². The van der Waals surface area contributed by atoms with Crippen molar-refractivity contribution < 1.29 is 29.0 Å². The number of amides is 3. The number of nitrogens with zero attached hydrogens (tertiary/aromatic N) is 1. The molecule has 2 atom stereocenters. The minimum atomic E-state index is -1.24. The third kappa shape index (κ3) is 9.69. The topological polar surface area (TPSA) is 163 Å². The number of carbonyl (C=O) groups is 4. The first-order chi connectivity index (χ1) is 22.5. The predicted octanol–water partition coefficient (Wildman–Crippen LogP) is 4.26. The Bertz CT molecular complexity index is 1520. The van der Waals surface area contributed by atoms with E-state index < -0.39 is 52.9 Å². The van der Waals surface area contributed by atoms with Gasteiger partial charge < -0.3 is 30.8 Å². The summed E-state index contributed by atoms with van der Waals surface area (Å²) in [6.07, 6.45) is 2.07. The summed E-state index contributed by atoms with van der Waals surface area (Å²) in [7, 11) is 0. The molecule has 0 saturated heterocycles. The van der Waals surface area contributed by atoms with E-state index in [4.69, 9.17) is 4.74 Å². The molecule has 246 valence electrons. The zero-order valence-electron chi connectivity index (χ0n) is 26.4. The monoisotopic (exact) mass is 657 g/mol. The molecular weight excluding hydrogens is 618 g/mol. The summed E-state index contributed by atoms with van der Waals surface area (Å²) in [5.74, 6) is -2.49. The molecule has 3 aromatic carbocycles. The molecule has 11 nitrogen and oxygen atoms in total. The molecule has 4 rings (SSSR count). The molecular formula is C35H39N5O6S. The average molecular weight is 658 g/mol. The molecule has 0 aliphatic rings. The molecule has 0 fully saturated rings. The number of aromatic nitrogens is 2. The van der Waals surface area contributed by atoms with Gasteiger partial charge in [-0.2, -0.15) is 0 Å². The van der Waals surface area contributed by atoms with Crippen molar-refractivity contribution in [3.8, 4) is 0 Å². The standard InChI is InChI=1S/C35H39N5O6S/c1-34(2,3)46-33(45)40-29(31(42)37-21-30(41)39-28(32(43)44)19-27-20-36-23-38-27)22-47-35(24-13-7-4-8-14-24,25-15-9-5-10-16-25)26-17-11-6-12-18-26/h4-18,20,23,28-29H,19,21-22H2,1-3H3,(H,36,38)(H,37,42)(H,39,41)(H,40,45)(H,43,44)/t28-,29+/m1/s1. The lowest BCUT2D eigenvalue weighted by Crippen LogP contribution is -2.53. The van der Waals surface area contributed by atoms with Gasteiger partial charge in [-0.1, -0.05) is 91.0 Å². The first-order valence-corrected chi connectivity index (χ1v) is 16.0. The second kappa shape index (κ2) is 15.9. The quantitative estimate of drug-likeness (QED) is 0.126. The second-order valence-corrected chi connectivity index (χ2v) is 13.0. The molecule has 0 spiro atoms. The number of ether oxygens (including phenoxy) is 1. The van der Waals surface area contributed by atoms with Crippen molar-refractivity contribution >= 4 is 35.6 Å². The molecule has 3 amide bonds. The predicted molar refractivity (Wildman–Crippen MR) is 180 cm³/mol. The van der Waals surface area contributed by atoms with Crippen molar-refractivity contribution in [1.82, 2.24) is 25.9 Å². The van der Waals surface area contributed by atoms with Crippen LogP contribution in [0.15, 0.2) is 104 Å². The number of benzene rings is 3. The molecule has 0 unspecified atom stereocenters. The fraction of sp³-hybridized carbons (Fsp3) is 0.286. The maximum Gasteiger partial charge on any atom is 0.408 e. The molecule has 0 saturated carbocycles. The van der Waals surface area contributed by atoms with Gasteiger partial charge in [-0.25, -0.2) is 14.6 Å². The summed E-state index contributed by atoms with van der Waals surface area (Å²) in [6.45, 7) is 4.64. The van der Waals surface area contributed by atoms with Crippen LogP contribution >= 0.6 is 11.8 Å².